The van der Waals surface area contributed by atoms with Crippen molar-refractivity contribution in [2.24, 2.45) is 0 Å². The van der Waals surface area contributed by atoms with E-state index in [1.165, 1.54) is 10.4 Å². The van der Waals surface area contributed by atoms with Gasteiger partial charge in [0.25, 0.3) is 5.91 Å². The predicted octanol–water partition coefficient (Wildman–Crippen LogP) is 1.79. The van der Waals surface area contributed by atoms with Crippen molar-refractivity contribution in [3.05, 3.63) is 35.9 Å². The van der Waals surface area contributed by atoms with E-state index in [4.69, 9.17) is 0 Å². The van der Waals surface area contributed by atoms with Crippen LogP contribution >= 0.6 is 0 Å². The van der Waals surface area contributed by atoms with Gasteiger partial charge in [-0.25, -0.2) is 8.42 Å². The van der Waals surface area contributed by atoms with Crippen molar-refractivity contribution in [3.63, 3.8) is 0 Å². The number of rotatable bonds is 2. The molecule has 8 heteroatoms. The average molecular weight is 385 g/mol. The Morgan fingerprint density at radius 3 is 2.78 bits per heavy atom. The van der Waals surface area contributed by atoms with Crippen molar-refractivity contribution in [1.29, 1.82) is 0 Å². The minimum Gasteiger partial charge on any atom is -0.337 e. The first kappa shape index (κ1) is 16.7. The quantitative estimate of drug-likeness (QED) is 0.854. The van der Waals surface area contributed by atoms with Crippen molar-refractivity contribution in [1.82, 2.24) is 9.21 Å². The first-order valence-electron chi connectivity index (χ1n) is 9.09. The van der Waals surface area contributed by atoms with Crippen molar-refractivity contribution in [2.75, 3.05) is 18.4 Å². The molecule has 2 atom stereocenters. The Balaban J connectivity index is 1.66. The molecule has 3 aliphatic rings. The fourth-order valence-corrected chi connectivity index (χ4v) is 6.38. The number of nitrogens with one attached hydrogen (secondary N) is 1. The fourth-order valence-electron chi connectivity index (χ4n) is 4.57. The number of nitrogens with zero attached hydrogens (tertiary/aromatic N) is 2. The molecule has 0 saturated carbocycles. The average Bonchev–Trinajstić information content (AvgIpc) is 3.24. The topological polar surface area (TPSA) is 86.8 Å². The highest BCUT2D eigenvalue weighted by molar-refractivity contribution is 7.89. The molecule has 0 spiro atoms. The van der Waals surface area contributed by atoms with Crippen LogP contribution in [0.2, 0.25) is 0 Å². The number of carbonyl (C=O) groups is 2. The normalized spacial score (nSPS) is 25.1. The van der Waals surface area contributed by atoms with Crippen LogP contribution in [0.15, 0.2) is 35.2 Å². The number of anilines is 1. The zero-order valence-corrected chi connectivity index (χ0v) is 15.6. The van der Waals surface area contributed by atoms with Gasteiger partial charge in [0, 0.05) is 41.2 Å². The van der Waals surface area contributed by atoms with E-state index < -0.39 is 16.1 Å². The summed E-state index contributed by atoms with van der Waals surface area (Å²) >= 11 is 0. The maximum Gasteiger partial charge on any atom is 0.256 e. The molecule has 1 N–H and O–H groups in total. The van der Waals surface area contributed by atoms with Crippen molar-refractivity contribution in [2.45, 2.75) is 36.7 Å². The number of carbonyl (C=O) groups excluding carboxylic acids is 2. The lowest BCUT2D eigenvalue weighted by molar-refractivity contribution is -0.139. The van der Waals surface area contributed by atoms with Crippen LogP contribution in [-0.4, -0.2) is 54.6 Å². The molecular weight excluding hydrogens is 366 g/mol. The van der Waals surface area contributed by atoms with Gasteiger partial charge in [0.2, 0.25) is 15.9 Å². The molecule has 0 aliphatic carbocycles. The molecule has 140 valence electrons. The van der Waals surface area contributed by atoms with E-state index in [-0.39, 0.29) is 22.8 Å². The molecule has 2 amide bonds. The smallest absolute Gasteiger partial charge is 0.256 e. The minimum atomic E-state index is -3.89. The molecule has 27 heavy (non-hydrogen) atoms. The van der Waals surface area contributed by atoms with Crippen LogP contribution in [0.1, 0.15) is 30.1 Å². The molecule has 3 heterocycles. The third-order valence-electron chi connectivity index (χ3n) is 5.92. The lowest BCUT2D eigenvalue weighted by Gasteiger charge is -2.40. The Kier molecular flexibility index (Phi) is 3.42. The monoisotopic (exact) mass is 385 g/mol. The molecule has 2 aromatic carbocycles. The van der Waals surface area contributed by atoms with E-state index in [2.05, 4.69) is 5.32 Å². The zero-order chi connectivity index (χ0) is 18.9. The molecule has 2 aromatic rings. The Hall–Kier alpha value is -2.45. The second-order valence-corrected chi connectivity index (χ2v) is 9.23. The van der Waals surface area contributed by atoms with Gasteiger partial charge in [-0.3, -0.25) is 9.59 Å². The minimum absolute atomic E-state index is 0.0523. The van der Waals surface area contributed by atoms with Gasteiger partial charge in [-0.05, 0) is 38.0 Å². The summed E-state index contributed by atoms with van der Waals surface area (Å²) in [5.74, 6) is -0.358. The summed E-state index contributed by atoms with van der Waals surface area (Å²) in [5.41, 5.74) is 1.10. The van der Waals surface area contributed by atoms with Crippen molar-refractivity contribution >= 4 is 38.3 Å². The molecule has 0 radical (unpaired) electrons. The van der Waals surface area contributed by atoms with E-state index >= 15 is 0 Å². The maximum atomic E-state index is 13.5. The van der Waals surface area contributed by atoms with Crippen LogP contribution in [0.4, 0.5) is 5.69 Å². The highest BCUT2D eigenvalue weighted by Gasteiger charge is 2.45. The van der Waals surface area contributed by atoms with Gasteiger partial charge < -0.3 is 10.2 Å². The highest BCUT2D eigenvalue weighted by Crippen LogP contribution is 2.38. The largest absolute Gasteiger partial charge is 0.337 e. The summed E-state index contributed by atoms with van der Waals surface area (Å²) < 4.78 is 28.4. The Bertz CT molecular complexity index is 1110. The first-order valence-corrected chi connectivity index (χ1v) is 10.5. The Morgan fingerprint density at radius 1 is 1.15 bits per heavy atom. The van der Waals surface area contributed by atoms with Gasteiger partial charge in [-0.15, -0.1) is 0 Å². The Morgan fingerprint density at radius 2 is 1.96 bits per heavy atom. The highest BCUT2D eigenvalue weighted by atomic mass is 32.2. The van der Waals surface area contributed by atoms with Gasteiger partial charge in [0.15, 0.2) is 0 Å². The maximum absolute atomic E-state index is 13.5. The van der Waals surface area contributed by atoms with Gasteiger partial charge in [-0.1, -0.05) is 12.1 Å². The third kappa shape index (κ3) is 2.20. The summed E-state index contributed by atoms with van der Waals surface area (Å²) in [5, 5.41) is 3.90. The number of piperazine rings is 1. The number of amides is 2. The van der Waals surface area contributed by atoms with Crippen molar-refractivity contribution in [3.8, 4) is 0 Å². The van der Waals surface area contributed by atoms with Crippen LogP contribution in [0.3, 0.4) is 0 Å². The van der Waals surface area contributed by atoms with Crippen molar-refractivity contribution < 1.29 is 18.0 Å². The van der Waals surface area contributed by atoms with Crippen LogP contribution < -0.4 is 5.32 Å². The van der Waals surface area contributed by atoms with E-state index in [9.17, 15) is 18.0 Å². The number of sulfonamides is 1. The van der Waals surface area contributed by atoms with E-state index in [1.54, 1.807) is 31.2 Å². The molecule has 5 rings (SSSR count). The van der Waals surface area contributed by atoms with E-state index in [0.717, 1.165) is 12.8 Å². The fraction of sp³-hybridized carbons (Fsp3) is 0.368. The summed E-state index contributed by atoms with van der Waals surface area (Å²) in [7, 11) is -3.89. The molecule has 2 saturated heterocycles. The van der Waals surface area contributed by atoms with Crippen LogP contribution in [0, 0.1) is 0 Å². The molecule has 2 fully saturated rings. The van der Waals surface area contributed by atoms with Gasteiger partial charge in [0.1, 0.15) is 6.04 Å². The number of hydrogen-bond donors (Lipinski definition) is 1. The van der Waals surface area contributed by atoms with Gasteiger partial charge in [0.05, 0.1) is 4.90 Å². The lowest BCUT2D eigenvalue weighted by atomic mass is 10.1. The number of benzene rings is 2. The number of hydrogen-bond acceptors (Lipinski definition) is 4. The molecule has 0 aromatic heterocycles. The summed E-state index contributed by atoms with van der Waals surface area (Å²) in [6.45, 7) is 2.67. The number of fused-ring (bicyclic) bond motifs is 1. The van der Waals surface area contributed by atoms with Crippen LogP contribution in [-0.2, 0) is 14.8 Å². The summed E-state index contributed by atoms with van der Waals surface area (Å²) in [4.78, 5) is 26.7. The van der Waals surface area contributed by atoms with Crippen LogP contribution in [0.5, 0.6) is 0 Å². The van der Waals surface area contributed by atoms with Crippen LogP contribution in [0.25, 0.3) is 10.8 Å². The summed E-state index contributed by atoms with van der Waals surface area (Å²) in [6.07, 6.45) is 1.73. The molecule has 0 bridgehead atoms. The molecule has 0 unspecified atom stereocenters. The molecule has 3 aliphatic heterocycles. The van der Waals surface area contributed by atoms with E-state index in [1.807, 2.05) is 4.90 Å². The zero-order valence-electron chi connectivity index (χ0n) is 14.8. The third-order valence-corrected chi connectivity index (χ3v) is 7.91. The SMILES string of the molecule is C[C@H]1C(=O)N2CCC[C@@H]2CN1S(=O)(=O)c1ccc2c3c(cccc13)C(=O)N2. The second-order valence-electron chi connectivity index (χ2n) is 7.37. The molecular formula is C19H19N3O4S. The van der Waals surface area contributed by atoms with E-state index in [0.29, 0.717) is 35.1 Å². The first-order chi connectivity index (χ1) is 12.9. The van der Waals surface area contributed by atoms with Gasteiger partial charge >= 0.3 is 0 Å². The standard InChI is InChI=1S/C19H19N3O4S/c1-11-19(24)21-9-3-4-12(21)10-22(11)27(25,26)16-8-7-15-17-13(16)5-2-6-14(17)18(23)20-15/h2,5-8,11-12H,3-4,9-10H2,1H3,(H,20,23)/t11-,12+/m0/s1. The second kappa shape index (κ2) is 5.53. The van der Waals surface area contributed by atoms with Gasteiger partial charge in [-0.2, -0.15) is 4.31 Å². The summed E-state index contributed by atoms with van der Waals surface area (Å²) in [6, 6.07) is 7.47. The predicted molar refractivity (Wildman–Crippen MR) is 100.0 cm³/mol. The molecule has 7 nitrogen and oxygen atoms in total. The lowest BCUT2D eigenvalue weighted by Crippen LogP contribution is -2.59. The Labute approximate surface area is 157 Å².